The zero-order valence-electron chi connectivity index (χ0n) is 33.8. The highest BCUT2D eigenvalue weighted by Gasteiger charge is 2.28. The third-order valence-electron chi connectivity index (χ3n) is 8.89. The van der Waals surface area contributed by atoms with Crippen molar-refractivity contribution in [2.75, 3.05) is 19.8 Å². The largest absolute Gasteiger partial charge is 0.480 e. The number of carbonyl (C=O) groups is 3. The van der Waals surface area contributed by atoms with E-state index in [0.717, 1.165) is 57.8 Å². The summed E-state index contributed by atoms with van der Waals surface area (Å²) in [4.78, 5) is 45.9. The Kier molecular flexibility index (Phi) is 36.0. The van der Waals surface area contributed by atoms with Gasteiger partial charge in [-0.2, -0.15) is 0 Å². The van der Waals surface area contributed by atoms with Crippen molar-refractivity contribution in [1.29, 1.82) is 0 Å². The third-order valence-corrected chi connectivity index (χ3v) is 9.84. The maximum atomic E-state index is 12.6. The van der Waals surface area contributed by atoms with Crippen LogP contribution in [0.1, 0.15) is 181 Å². The van der Waals surface area contributed by atoms with Crippen molar-refractivity contribution in [3.63, 3.8) is 0 Å². The number of ether oxygens (including phenoxy) is 2. The van der Waals surface area contributed by atoms with Crippen LogP contribution in [0.15, 0.2) is 36.5 Å². The number of rotatable bonds is 39. The van der Waals surface area contributed by atoms with Gasteiger partial charge in [-0.15, -0.1) is 0 Å². The van der Waals surface area contributed by atoms with E-state index in [4.69, 9.17) is 24.8 Å². The molecule has 0 aromatic carbocycles. The molecule has 0 rings (SSSR count). The molecule has 0 aliphatic rings. The zero-order chi connectivity index (χ0) is 40.0. The molecule has 0 fully saturated rings. The molecule has 11 nitrogen and oxygen atoms in total. The second-order valence-electron chi connectivity index (χ2n) is 14.1. The van der Waals surface area contributed by atoms with Gasteiger partial charge in [0.1, 0.15) is 12.6 Å². The van der Waals surface area contributed by atoms with Gasteiger partial charge in [-0.05, 0) is 57.8 Å². The lowest BCUT2D eigenvalue weighted by molar-refractivity contribution is -0.161. The third kappa shape index (κ3) is 36.7. The molecular weight excluding hydrogens is 709 g/mol. The SMILES string of the molecule is CCCC/C=C/CCCCCCCCCCCC(=O)O[C@H](COC(=O)CCCCCCC/C=C/C=C/CCCCCC)COP(=O)(O)OC[C@H](N)C(=O)O. The van der Waals surface area contributed by atoms with Crippen LogP contribution < -0.4 is 5.73 Å². The van der Waals surface area contributed by atoms with Gasteiger partial charge in [0.25, 0.3) is 0 Å². The lowest BCUT2D eigenvalue weighted by atomic mass is 10.1. The topological polar surface area (TPSA) is 172 Å². The van der Waals surface area contributed by atoms with Gasteiger partial charge in [0.15, 0.2) is 6.10 Å². The average Bonchev–Trinajstić information content (AvgIpc) is 3.14. The summed E-state index contributed by atoms with van der Waals surface area (Å²) in [6.07, 6.45) is 39.2. The van der Waals surface area contributed by atoms with Crippen molar-refractivity contribution in [3.05, 3.63) is 36.5 Å². The second kappa shape index (κ2) is 37.6. The van der Waals surface area contributed by atoms with Crippen LogP contribution in [0.25, 0.3) is 0 Å². The number of esters is 2. The van der Waals surface area contributed by atoms with Crippen LogP contribution in [0.4, 0.5) is 0 Å². The van der Waals surface area contributed by atoms with Crippen LogP contribution in [0.2, 0.25) is 0 Å². The Morgan fingerprint density at radius 2 is 1.00 bits per heavy atom. The number of phosphoric ester groups is 1. The van der Waals surface area contributed by atoms with E-state index in [1.165, 1.54) is 83.5 Å². The molecule has 3 atom stereocenters. The quantitative estimate of drug-likeness (QED) is 0.0178. The monoisotopic (exact) mass is 786 g/mol. The van der Waals surface area contributed by atoms with Crippen LogP contribution in [0.3, 0.4) is 0 Å². The average molecular weight is 786 g/mol. The number of carbonyl (C=O) groups excluding carboxylic acids is 2. The Morgan fingerprint density at radius 1 is 0.574 bits per heavy atom. The van der Waals surface area contributed by atoms with Crippen LogP contribution in [0.5, 0.6) is 0 Å². The van der Waals surface area contributed by atoms with Crippen molar-refractivity contribution >= 4 is 25.7 Å². The molecule has 0 bridgehead atoms. The van der Waals surface area contributed by atoms with Crippen LogP contribution in [-0.4, -0.2) is 59.9 Å². The Labute approximate surface area is 327 Å². The fourth-order valence-electron chi connectivity index (χ4n) is 5.51. The van der Waals surface area contributed by atoms with E-state index in [0.29, 0.717) is 12.8 Å². The van der Waals surface area contributed by atoms with Gasteiger partial charge in [-0.25, -0.2) is 4.57 Å². The molecule has 0 saturated carbocycles. The highest BCUT2D eigenvalue weighted by molar-refractivity contribution is 7.47. The Bertz CT molecular complexity index is 1060. The number of allylic oxidation sites excluding steroid dienone is 6. The van der Waals surface area contributed by atoms with Gasteiger partial charge < -0.3 is 25.2 Å². The molecule has 0 amide bonds. The summed E-state index contributed by atoms with van der Waals surface area (Å²) in [7, 11) is -4.72. The first-order valence-corrected chi connectivity index (χ1v) is 22.5. The number of phosphoric acid groups is 1. The number of carboxylic acids is 1. The summed E-state index contributed by atoms with van der Waals surface area (Å²) in [5, 5.41) is 8.88. The molecule has 314 valence electrons. The van der Waals surface area contributed by atoms with Gasteiger partial charge in [-0.1, -0.05) is 147 Å². The molecule has 0 aliphatic carbocycles. The maximum Gasteiger partial charge on any atom is 0.472 e. The standard InChI is InChI=1S/C42H76NO10P/c1-3-5-7-9-11-13-15-17-19-21-23-25-27-29-31-33-40(44)50-35-38(36-51-54(48,49)52-37-39(43)42(46)47)53-41(45)34-32-30-28-26-24-22-20-18-16-14-12-10-8-6-4-2/h10,12-13,15,17,19,38-39H,3-9,11,14,16,18,20-37,43H2,1-2H3,(H,46,47)(H,48,49)/b12-10+,15-13+,19-17+/t38-,39+/m1/s1. The van der Waals surface area contributed by atoms with E-state index < -0.39 is 51.1 Å². The van der Waals surface area contributed by atoms with Gasteiger partial charge in [-0.3, -0.25) is 23.4 Å². The van der Waals surface area contributed by atoms with Crippen molar-refractivity contribution in [2.45, 2.75) is 193 Å². The molecule has 1 unspecified atom stereocenters. The van der Waals surface area contributed by atoms with Crippen LogP contribution in [-0.2, 0) is 37.5 Å². The summed E-state index contributed by atoms with van der Waals surface area (Å²) in [5.41, 5.74) is 5.33. The number of hydrogen-bond donors (Lipinski definition) is 3. The number of nitrogens with two attached hydrogens (primary N) is 1. The van der Waals surface area contributed by atoms with E-state index in [1.807, 2.05) is 0 Å². The summed E-state index contributed by atoms with van der Waals surface area (Å²) in [6.45, 7) is 2.73. The number of unbranched alkanes of at least 4 members (excludes halogenated alkanes) is 20. The predicted octanol–water partition coefficient (Wildman–Crippen LogP) is 10.8. The fraction of sp³-hybridized carbons (Fsp3) is 0.786. The van der Waals surface area contributed by atoms with E-state index in [-0.39, 0.29) is 19.4 Å². The Morgan fingerprint density at radius 3 is 1.52 bits per heavy atom. The first-order valence-electron chi connectivity index (χ1n) is 21.0. The minimum Gasteiger partial charge on any atom is -0.480 e. The van der Waals surface area contributed by atoms with Crippen LogP contribution >= 0.6 is 7.82 Å². The lowest BCUT2D eigenvalue weighted by Crippen LogP contribution is -2.34. The molecule has 0 heterocycles. The summed E-state index contributed by atoms with van der Waals surface area (Å²) < 4.78 is 32.6. The molecule has 0 aliphatic heterocycles. The fourth-order valence-corrected chi connectivity index (χ4v) is 6.28. The molecule has 12 heteroatoms. The van der Waals surface area contributed by atoms with Gasteiger partial charge in [0, 0.05) is 12.8 Å². The second-order valence-corrected chi connectivity index (χ2v) is 15.6. The smallest absolute Gasteiger partial charge is 0.472 e. The number of carboxylic acid groups (broad SMARTS) is 1. The van der Waals surface area contributed by atoms with E-state index in [2.05, 4.69) is 54.8 Å². The van der Waals surface area contributed by atoms with E-state index in [9.17, 15) is 23.8 Å². The van der Waals surface area contributed by atoms with E-state index >= 15 is 0 Å². The first-order chi connectivity index (χ1) is 26.1. The lowest BCUT2D eigenvalue weighted by Gasteiger charge is -2.20. The van der Waals surface area contributed by atoms with Gasteiger partial charge in [0.2, 0.25) is 0 Å². The highest BCUT2D eigenvalue weighted by atomic mass is 31.2. The number of aliphatic carboxylic acids is 1. The first kappa shape index (κ1) is 51.7. The minimum atomic E-state index is -4.72. The normalized spacial score (nSPS) is 14.1. The Balaban J connectivity index is 4.41. The molecular formula is C42H76NO10P. The Hall–Kier alpha value is -2.30. The predicted molar refractivity (Wildman–Crippen MR) is 217 cm³/mol. The van der Waals surface area contributed by atoms with Crippen molar-refractivity contribution in [2.24, 2.45) is 5.73 Å². The molecule has 0 aromatic heterocycles. The summed E-state index contributed by atoms with van der Waals surface area (Å²) in [5.74, 6) is -2.40. The van der Waals surface area contributed by atoms with Gasteiger partial charge >= 0.3 is 25.7 Å². The van der Waals surface area contributed by atoms with Crippen molar-refractivity contribution in [1.82, 2.24) is 0 Å². The zero-order valence-corrected chi connectivity index (χ0v) is 34.7. The summed E-state index contributed by atoms with van der Waals surface area (Å²) in [6, 6.07) is -1.52. The molecule has 0 spiro atoms. The molecule has 54 heavy (non-hydrogen) atoms. The summed E-state index contributed by atoms with van der Waals surface area (Å²) >= 11 is 0. The van der Waals surface area contributed by atoms with Gasteiger partial charge in [0.05, 0.1) is 13.2 Å². The molecule has 4 N–H and O–H groups in total. The molecule has 0 saturated heterocycles. The van der Waals surface area contributed by atoms with Crippen molar-refractivity contribution in [3.8, 4) is 0 Å². The minimum absolute atomic E-state index is 0.155. The molecule has 0 radical (unpaired) electrons. The van der Waals surface area contributed by atoms with Crippen molar-refractivity contribution < 1.29 is 47.5 Å². The highest BCUT2D eigenvalue weighted by Crippen LogP contribution is 2.43. The maximum absolute atomic E-state index is 12.6. The molecule has 0 aromatic rings. The van der Waals surface area contributed by atoms with E-state index in [1.54, 1.807) is 0 Å². The van der Waals surface area contributed by atoms with Crippen LogP contribution in [0, 0.1) is 0 Å². The number of hydrogen-bond acceptors (Lipinski definition) is 9.